The van der Waals surface area contributed by atoms with Gasteiger partial charge in [0.05, 0.1) is 11.3 Å². The van der Waals surface area contributed by atoms with Crippen molar-refractivity contribution in [2.45, 2.75) is 12.8 Å². The molecule has 1 aromatic carbocycles. The highest BCUT2D eigenvalue weighted by Gasteiger charge is 2.31. The summed E-state index contributed by atoms with van der Waals surface area (Å²) < 4.78 is 0.410. The number of rotatable bonds is 8. The fourth-order valence-corrected chi connectivity index (χ4v) is 3.39. The molecule has 1 heterocycles. The first-order chi connectivity index (χ1) is 12.5. The number of carbonyl (C=O) groups is 3. The molecule has 0 saturated carbocycles. The van der Waals surface area contributed by atoms with Gasteiger partial charge in [0.2, 0.25) is 5.91 Å². The first kappa shape index (κ1) is 19.9. The van der Waals surface area contributed by atoms with E-state index in [-0.39, 0.29) is 37.7 Å². The van der Waals surface area contributed by atoms with Crippen molar-refractivity contribution in [2.24, 2.45) is 0 Å². The van der Waals surface area contributed by atoms with Crippen LogP contribution in [0.15, 0.2) is 47.4 Å². The SMILES string of the molecule is O=C(O)CCNC(=O)CCN1C(=O)/C(=C/C=C/c2ccccc2)SC1=S. The summed E-state index contributed by atoms with van der Waals surface area (Å²) in [6.45, 7) is 0.236. The Bertz CT molecular complexity index is 760. The average Bonchev–Trinajstić information content (AvgIpc) is 2.87. The number of carbonyl (C=O) groups excluding carboxylic acids is 2. The van der Waals surface area contributed by atoms with E-state index in [1.54, 1.807) is 12.2 Å². The van der Waals surface area contributed by atoms with E-state index < -0.39 is 5.97 Å². The number of aliphatic carboxylic acids is 1. The molecule has 1 aliphatic rings. The van der Waals surface area contributed by atoms with Crippen LogP contribution < -0.4 is 5.32 Å². The van der Waals surface area contributed by atoms with Crippen LogP contribution in [0.3, 0.4) is 0 Å². The van der Waals surface area contributed by atoms with Crippen LogP contribution in [0.5, 0.6) is 0 Å². The van der Waals surface area contributed by atoms with Crippen LogP contribution in [0.2, 0.25) is 0 Å². The molecular formula is C18H18N2O4S2. The quantitative estimate of drug-likeness (QED) is 0.524. The Morgan fingerprint density at radius 1 is 1.23 bits per heavy atom. The Morgan fingerprint density at radius 3 is 2.65 bits per heavy atom. The third-order valence-electron chi connectivity index (χ3n) is 3.43. The van der Waals surface area contributed by atoms with E-state index in [0.29, 0.717) is 9.23 Å². The number of nitrogens with zero attached hydrogens (tertiary/aromatic N) is 1. The van der Waals surface area contributed by atoms with Gasteiger partial charge in [-0.2, -0.15) is 0 Å². The summed E-state index contributed by atoms with van der Waals surface area (Å²) in [5.74, 6) is -1.51. The predicted molar refractivity (Wildman–Crippen MR) is 105 cm³/mol. The van der Waals surface area contributed by atoms with E-state index >= 15 is 0 Å². The predicted octanol–water partition coefficient (Wildman–Crippen LogP) is 2.43. The number of allylic oxidation sites excluding steroid dienone is 2. The smallest absolute Gasteiger partial charge is 0.305 e. The van der Waals surface area contributed by atoms with Gasteiger partial charge in [0, 0.05) is 19.5 Å². The lowest BCUT2D eigenvalue weighted by Gasteiger charge is -2.13. The summed E-state index contributed by atoms with van der Waals surface area (Å²) in [4.78, 5) is 36.4. The van der Waals surface area contributed by atoms with Gasteiger partial charge in [-0.05, 0) is 11.6 Å². The number of nitrogens with one attached hydrogen (secondary N) is 1. The molecule has 0 aromatic heterocycles. The van der Waals surface area contributed by atoms with Crippen molar-refractivity contribution in [3.05, 3.63) is 53.0 Å². The maximum Gasteiger partial charge on any atom is 0.305 e. The topological polar surface area (TPSA) is 86.7 Å². The first-order valence-corrected chi connectivity index (χ1v) is 9.15. The Kier molecular flexibility index (Phi) is 7.55. The minimum Gasteiger partial charge on any atom is -0.481 e. The monoisotopic (exact) mass is 390 g/mol. The second kappa shape index (κ2) is 9.88. The average molecular weight is 390 g/mol. The number of hydrogen-bond acceptors (Lipinski definition) is 5. The number of benzene rings is 1. The van der Waals surface area contributed by atoms with Crippen LogP contribution >= 0.6 is 24.0 Å². The summed E-state index contributed by atoms with van der Waals surface area (Å²) >= 11 is 6.40. The van der Waals surface area contributed by atoms with Gasteiger partial charge in [0.25, 0.3) is 5.91 Å². The van der Waals surface area contributed by atoms with E-state index in [1.807, 2.05) is 36.4 Å². The fourth-order valence-electron chi connectivity index (χ4n) is 2.13. The van der Waals surface area contributed by atoms with E-state index in [2.05, 4.69) is 5.32 Å². The molecule has 0 unspecified atom stereocenters. The van der Waals surface area contributed by atoms with E-state index in [0.717, 1.165) is 5.56 Å². The van der Waals surface area contributed by atoms with Crippen molar-refractivity contribution >= 4 is 52.2 Å². The van der Waals surface area contributed by atoms with Crippen molar-refractivity contribution in [1.82, 2.24) is 10.2 Å². The summed E-state index contributed by atoms with van der Waals surface area (Å²) in [6.07, 6.45) is 5.32. The molecular weight excluding hydrogens is 372 g/mol. The Morgan fingerprint density at radius 2 is 1.96 bits per heavy atom. The number of carboxylic acid groups (broad SMARTS) is 1. The molecule has 0 aliphatic carbocycles. The van der Waals surface area contributed by atoms with E-state index in [4.69, 9.17) is 17.3 Å². The summed E-state index contributed by atoms with van der Waals surface area (Å²) in [7, 11) is 0. The van der Waals surface area contributed by atoms with Crippen molar-refractivity contribution < 1.29 is 19.5 Å². The number of hydrogen-bond donors (Lipinski definition) is 2. The molecule has 26 heavy (non-hydrogen) atoms. The van der Waals surface area contributed by atoms with Crippen LogP contribution in [-0.2, 0) is 14.4 Å². The number of carboxylic acids is 1. The van der Waals surface area contributed by atoms with Gasteiger partial charge in [-0.15, -0.1) is 0 Å². The highest BCUT2D eigenvalue weighted by molar-refractivity contribution is 8.26. The van der Waals surface area contributed by atoms with Crippen molar-refractivity contribution in [3.63, 3.8) is 0 Å². The maximum atomic E-state index is 12.4. The molecule has 6 nitrogen and oxygen atoms in total. The number of thiocarbonyl (C=S) groups is 1. The molecule has 1 aromatic rings. The van der Waals surface area contributed by atoms with Crippen LogP contribution in [0.25, 0.3) is 6.08 Å². The Balaban J connectivity index is 1.86. The molecule has 1 aliphatic heterocycles. The summed E-state index contributed by atoms with van der Waals surface area (Å²) in [5, 5.41) is 11.0. The largest absolute Gasteiger partial charge is 0.481 e. The van der Waals surface area contributed by atoms with Gasteiger partial charge in [-0.1, -0.05) is 66.5 Å². The standard InChI is InChI=1S/C18H18N2O4S2/c21-15(19-11-9-16(22)23)10-12-20-17(24)14(26-18(20)25)8-4-7-13-5-2-1-3-6-13/h1-8H,9-12H2,(H,19,21)(H,22,23)/b7-4+,14-8-. The Hall–Kier alpha value is -2.45. The normalized spacial score (nSPS) is 15.8. The van der Waals surface area contributed by atoms with Crippen LogP contribution in [0.4, 0.5) is 0 Å². The van der Waals surface area contributed by atoms with Gasteiger partial charge in [-0.3, -0.25) is 19.3 Å². The molecule has 136 valence electrons. The minimum absolute atomic E-state index is 0.0662. The lowest BCUT2D eigenvalue weighted by atomic mass is 10.2. The lowest BCUT2D eigenvalue weighted by molar-refractivity contribution is -0.136. The zero-order valence-corrected chi connectivity index (χ0v) is 15.5. The number of amides is 2. The molecule has 1 fully saturated rings. The van der Waals surface area contributed by atoms with Gasteiger partial charge in [0.1, 0.15) is 4.32 Å². The highest BCUT2D eigenvalue weighted by Crippen LogP contribution is 2.31. The second-order valence-electron chi connectivity index (χ2n) is 5.37. The molecule has 0 spiro atoms. The molecule has 0 atom stereocenters. The van der Waals surface area contributed by atoms with Crippen molar-refractivity contribution in [2.75, 3.05) is 13.1 Å². The third kappa shape index (κ3) is 6.12. The van der Waals surface area contributed by atoms with Gasteiger partial charge < -0.3 is 10.4 Å². The lowest BCUT2D eigenvalue weighted by Crippen LogP contribution is -2.34. The molecule has 2 rings (SSSR count). The van der Waals surface area contributed by atoms with Gasteiger partial charge >= 0.3 is 5.97 Å². The summed E-state index contributed by atoms with van der Waals surface area (Å²) in [6, 6.07) is 9.71. The zero-order chi connectivity index (χ0) is 18.9. The van der Waals surface area contributed by atoms with Crippen LogP contribution in [-0.4, -0.2) is 45.2 Å². The third-order valence-corrected chi connectivity index (χ3v) is 4.83. The zero-order valence-electron chi connectivity index (χ0n) is 13.9. The van der Waals surface area contributed by atoms with Crippen LogP contribution in [0.1, 0.15) is 18.4 Å². The molecule has 2 amide bonds. The molecule has 2 N–H and O–H groups in total. The van der Waals surface area contributed by atoms with E-state index in [9.17, 15) is 14.4 Å². The molecule has 1 saturated heterocycles. The Labute approximate surface area is 160 Å². The van der Waals surface area contributed by atoms with E-state index in [1.165, 1.54) is 16.7 Å². The fraction of sp³-hybridized carbons (Fsp3) is 0.222. The minimum atomic E-state index is -0.976. The first-order valence-electron chi connectivity index (χ1n) is 7.93. The second-order valence-corrected chi connectivity index (χ2v) is 7.04. The maximum absolute atomic E-state index is 12.4. The highest BCUT2D eigenvalue weighted by atomic mass is 32.2. The van der Waals surface area contributed by atoms with Crippen LogP contribution in [0, 0.1) is 0 Å². The summed E-state index contributed by atoms with van der Waals surface area (Å²) in [5.41, 5.74) is 1.03. The molecule has 0 radical (unpaired) electrons. The van der Waals surface area contributed by atoms with Gasteiger partial charge in [0.15, 0.2) is 0 Å². The number of thioether (sulfide) groups is 1. The molecule has 0 bridgehead atoms. The van der Waals surface area contributed by atoms with Gasteiger partial charge in [-0.25, -0.2) is 0 Å². The van der Waals surface area contributed by atoms with Crippen molar-refractivity contribution in [1.29, 1.82) is 0 Å². The molecule has 8 heteroatoms. The van der Waals surface area contributed by atoms with Crippen molar-refractivity contribution in [3.8, 4) is 0 Å².